The molecule has 0 unspecified atom stereocenters. The smallest absolute Gasteiger partial charge is 0.248 e. The monoisotopic (exact) mass is 1310 g/mol. The summed E-state index contributed by atoms with van der Waals surface area (Å²) < 4.78 is 18.5. The summed E-state index contributed by atoms with van der Waals surface area (Å²) in [5, 5.41) is 102. The van der Waals surface area contributed by atoms with Crippen molar-refractivity contribution in [2.45, 2.75) is 67.7 Å². The van der Waals surface area contributed by atoms with E-state index >= 15 is 19.2 Å². The molecule has 8 atom stereocenters. The maximum Gasteiger partial charge on any atom is 0.248 e. The van der Waals surface area contributed by atoms with Crippen LogP contribution >= 0.6 is 23.2 Å². The van der Waals surface area contributed by atoms with Crippen molar-refractivity contribution in [3.63, 3.8) is 0 Å². The van der Waals surface area contributed by atoms with Gasteiger partial charge in [0.15, 0.2) is 23.0 Å². The van der Waals surface area contributed by atoms with Crippen LogP contribution in [0.2, 0.25) is 10.0 Å². The van der Waals surface area contributed by atoms with Gasteiger partial charge in [0.2, 0.25) is 47.1 Å². The zero-order chi connectivity index (χ0) is 66.1. The van der Waals surface area contributed by atoms with Gasteiger partial charge in [-0.25, -0.2) is 0 Å². The molecular weight excluding hydrogens is 1250 g/mol. The highest BCUT2D eigenvalue weighted by molar-refractivity contribution is 6.32. The molecule has 6 aliphatic rings. The molecule has 17 bridgehead atoms. The summed E-state index contributed by atoms with van der Waals surface area (Å²) in [5.74, 6) is -13.5. The lowest BCUT2D eigenvalue weighted by Gasteiger charge is -2.31. The molecule has 0 fully saturated rings. The van der Waals surface area contributed by atoms with Crippen LogP contribution in [0, 0.1) is 0 Å². The summed E-state index contributed by atoms with van der Waals surface area (Å²) in [5.41, 5.74) is 10.6. The fourth-order valence-corrected chi connectivity index (χ4v) is 11.6. The van der Waals surface area contributed by atoms with Crippen LogP contribution in [-0.4, -0.2) is 115 Å². The molecule has 0 spiro atoms. The summed E-state index contributed by atoms with van der Waals surface area (Å²) in [6.45, 7) is 1.51. The molecule has 0 aliphatic carbocycles. The van der Waals surface area contributed by atoms with Crippen molar-refractivity contribution in [1.82, 2.24) is 42.5 Å². The molecule has 482 valence electrons. The van der Waals surface area contributed by atoms with Gasteiger partial charge in [-0.15, -0.1) is 0 Å². The van der Waals surface area contributed by atoms with E-state index in [1.807, 2.05) is 0 Å². The standard InChI is InChI=1S/C64H60Cl2N10O17/c65-38-15-27-3-9-44(38)92-47-22-32-23-48(57(47)83)93-45-10-6-30(20-39(45)66)56(82)55-64(90)75-54(60(86)70-14-2-13-69-12-1-11-67)37-25-34(78)26-43(81)49(37)36-19-29(5-7-41(36)79)51(61(87)76-55)73-63(89)53(32)74-62(88)52-31-17-33(77)24-35(18-31)91-46-21-28(4-8-42(46)80)50(68)59(85)71-40(16-27)58(84)72-52/h3-10,15,17-26,40,50-56,69,77-83H,1-2,11-14,16,67-68H2,(H,70,86)(H,71,85)(H,72,84)(H,73,89)(H,74,88)(H,75,90)(H,76,87)/t40-,50-,51-,52+,53-,54+,55+,56-/m1/s1. The number of ether oxygens (including phenoxy) is 3. The fraction of sp³-hybridized carbons (Fsp3) is 0.234. The zero-order valence-electron chi connectivity index (χ0n) is 48.7. The number of halogens is 2. The number of rotatable bonds is 8. The molecule has 7 aromatic carbocycles. The average molecular weight is 1310 g/mol. The molecule has 29 heteroatoms. The number of hydrogen-bond acceptors (Lipinski definition) is 20. The molecule has 0 aromatic heterocycles. The zero-order valence-corrected chi connectivity index (χ0v) is 50.2. The van der Waals surface area contributed by atoms with E-state index in [9.17, 15) is 50.1 Å². The van der Waals surface area contributed by atoms with E-state index in [2.05, 4.69) is 42.5 Å². The Labute approximate surface area is 537 Å². The van der Waals surface area contributed by atoms with Crippen molar-refractivity contribution in [3.05, 3.63) is 164 Å². The van der Waals surface area contributed by atoms with Gasteiger partial charge in [-0.2, -0.15) is 0 Å². The van der Waals surface area contributed by atoms with Gasteiger partial charge in [0, 0.05) is 36.2 Å². The van der Waals surface area contributed by atoms with Crippen LogP contribution < -0.4 is 68.2 Å². The molecule has 0 saturated carbocycles. The van der Waals surface area contributed by atoms with Gasteiger partial charge in [-0.1, -0.05) is 47.5 Å². The fourth-order valence-electron chi connectivity index (χ4n) is 11.1. The normalized spacial score (nSPS) is 21.1. The van der Waals surface area contributed by atoms with E-state index in [1.54, 1.807) is 0 Å². The number of hydrogen-bond donors (Lipinski definition) is 17. The van der Waals surface area contributed by atoms with Crippen molar-refractivity contribution in [2.24, 2.45) is 11.5 Å². The summed E-state index contributed by atoms with van der Waals surface area (Å²) in [6, 6.07) is 9.32. The first kappa shape index (κ1) is 64.0. The Kier molecular flexibility index (Phi) is 18.4. The van der Waals surface area contributed by atoms with Crippen molar-refractivity contribution in [2.75, 3.05) is 26.2 Å². The lowest BCUT2D eigenvalue weighted by Crippen LogP contribution is -2.56. The van der Waals surface area contributed by atoms with Crippen LogP contribution in [0.5, 0.6) is 69.0 Å². The quantitative estimate of drug-likeness (QED) is 0.0941. The van der Waals surface area contributed by atoms with Crippen LogP contribution in [0.25, 0.3) is 11.1 Å². The summed E-state index contributed by atoms with van der Waals surface area (Å²) in [7, 11) is 0. The van der Waals surface area contributed by atoms with Crippen molar-refractivity contribution < 1.29 is 83.5 Å². The summed E-state index contributed by atoms with van der Waals surface area (Å²) in [4.78, 5) is 106. The van der Waals surface area contributed by atoms with Crippen molar-refractivity contribution in [3.8, 4) is 80.1 Å². The van der Waals surface area contributed by atoms with E-state index in [0.717, 1.165) is 48.5 Å². The van der Waals surface area contributed by atoms with Crippen LogP contribution in [0.1, 0.15) is 88.1 Å². The van der Waals surface area contributed by atoms with Gasteiger partial charge in [0.05, 0.1) is 10.0 Å². The number of aromatic hydroxyl groups is 6. The van der Waals surface area contributed by atoms with Gasteiger partial charge in [-0.05, 0) is 150 Å². The predicted molar refractivity (Wildman–Crippen MR) is 331 cm³/mol. The number of carbonyl (C=O) groups is 7. The van der Waals surface area contributed by atoms with Gasteiger partial charge in [0.25, 0.3) is 0 Å². The highest BCUT2D eigenvalue weighted by atomic mass is 35.5. The third-order valence-electron chi connectivity index (χ3n) is 15.8. The number of aliphatic hydroxyl groups excluding tert-OH is 1. The summed E-state index contributed by atoms with van der Waals surface area (Å²) >= 11 is 13.8. The Balaban J connectivity index is 1.10. The highest BCUT2D eigenvalue weighted by Gasteiger charge is 2.41. The number of phenolic OH excluding ortho intramolecular Hbond substituents is 6. The average Bonchev–Trinajstić information content (AvgIpc) is 0.795. The number of aliphatic hydroxyl groups is 1. The third-order valence-corrected chi connectivity index (χ3v) is 16.4. The minimum absolute atomic E-state index is 0.0241. The Morgan fingerprint density at radius 3 is 1.83 bits per heavy atom. The van der Waals surface area contributed by atoms with E-state index in [0.29, 0.717) is 38.0 Å². The molecule has 7 aromatic rings. The molecule has 0 saturated heterocycles. The first-order valence-electron chi connectivity index (χ1n) is 29.0. The first-order valence-corrected chi connectivity index (χ1v) is 29.8. The molecule has 7 amide bonds. The number of benzene rings is 7. The Hall–Kier alpha value is -10.6. The lowest BCUT2D eigenvalue weighted by atomic mass is 9.89. The molecule has 0 radical (unpaired) electrons. The Morgan fingerprint density at radius 1 is 0.527 bits per heavy atom. The maximum atomic E-state index is 15.9. The van der Waals surface area contributed by atoms with Gasteiger partial charge >= 0.3 is 0 Å². The second kappa shape index (κ2) is 26.7. The van der Waals surface area contributed by atoms with Crippen LogP contribution in [-0.2, 0) is 40.0 Å². The molecule has 93 heavy (non-hydrogen) atoms. The second-order valence-electron chi connectivity index (χ2n) is 22.3. The Morgan fingerprint density at radius 2 is 1.13 bits per heavy atom. The molecule has 13 rings (SSSR count). The molecule has 6 aliphatic heterocycles. The number of phenols is 6. The lowest BCUT2D eigenvalue weighted by molar-refractivity contribution is -0.137. The van der Waals surface area contributed by atoms with Gasteiger partial charge in [-0.3, -0.25) is 33.6 Å². The number of amides is 7. The minimum atomic E-state index is -2.16. The first-order chi connectivity index (χ1) is 44.5. The van der Waals surface area contributed by atoms with Gasteiger partial charge < -0.3 is 104 Å². The molecule has 27 nitrogen and oxygen atoms in total. The SMILES string of the molecule is NCCCNCCCNC(=O)[C@H]1NC(=O)[C@H]2NC(=O)[C@H](NC(=O)[C@@H]3NC(=O)[C@H]4NC(=O)[C@@H](Cc5ccc(c(Cl)c5)Oc5cc3cc(c5O)Oc3ccc(cc3Cl)[C@H]2O)NC(=O)[C@H](N)c2ccc(O)c(c2)Oc2cc(O)cc4c2)c2ccc(O)c(c2)-c2c(O)cc(O)cc21. The topological polar surface area (TPSA) is 437 Å². The largest absolute Gasteiger partial charge is 0.508 e. The predicted octanol–water partition coefficient (Wildman–Crippen LogP) is 4.34. The van der Waals surface area contributed by atoms with E-state index < -0.39 is 136 Å². The summed E-state index contributed by atoms with van der Waals surface area (Å²) in [6.07, 6.45) is -1.36. The van der Waals surface area contributed by atoms with E-state index in [1.165, 1.54) is 66.7 Å². The van der Waals surface area contributed by atoms with E-state index in [-0.39, 0.29) is 90.5 Å². The van der Waals surface area contributed by atoms with Crippen molar-refractivity contribution >= 4 is 64.6 Å². The second-order valence-corrected chi connectivity index (χ2v) is 23.1. The van der Waals surface area contributed by atoms with Crippen LogP contribution in [0.4, 0.5) is 0 Å². The van der Waals surface area contributed by atoms with Gasteiger partial charge in [0.1, 0.15) is 88.6 Å². The minimum Gasteiger partial charge on any atom is -0.508 e. The molecule has 19 N–H and O–H groups in total. The number of nitrogens with two attached hydrogens (primary N) is 2. The Bertz CT molecular complexity index is 4200. The van der Waals surface area contributed by atoms with Crippen molar-refractivity contribution in [1.29, 1.82) is 0 Å². The molecular formula is C64H60Cl2N10O17. The number of carbonyl (C=O) groups excluding carboxylic acids is 7. The third kappa shape index (κ3) is 13.6. The van der Waals surface area contributed by atoms with Crippen LogP contribution in [0.15, 0.2) is 115 Å². The van der Waals surface area contributed by atoms with E-state index in [4.69, 9.17) is 48.9 Å². The van der Waals surface area contributed by atoms with Crippen LogP contribution in [0.3, 0.4) is 0 Å². The maximum absolute atomic E-state index is 15.9. The number of nitrogens with one attached hydrogen (secondary N) is 8. The molecule has 6 heterocycles. The number of fused-ring (bicyclic) bond motifs is 14. The highest BCUT2D eigenvalue weighted by Crippen LogP contribution is 2.48.